The first-order valence-corrected chi connectivity index (χ1v) is 5.77. The Morgan fingerprint density at radius 2 is 2.33 bits per heavy atom. The van der Waals surface area contributed by atoms with Crippen molar-refractivity contribution in [3.63, 3.8) is 0 Å². The highest BCUT2D eigenvalue weighted by molar-refractivity contribution is 7.98. The fraction of sp³-hybridized carbons (Fsp3) is 0.300. The van der Waals surface area contributed by atoms with E-state index < -0.39 is 0 Å². The number of nitrogens with one attached hydrogen (secondary N) is 1. The number of nitrogens with two attached hydrogens (primary N) is 1. The van der Waals surface area contributed by atoms with Crippen molar-refractivity contribution in [2.45, 2.75) is 11.8 Å². The van der Waals surface area contributed by atoms with E-state index in [2.05, 4.69) is 5.43 Å². The van der Waals surface area contributed by atoms with Crippen molar-refractivity contribution in [2.75, 3.05) is 18.3 Å². The number of hydrazine groups is 1. The molecule has 1 aromatic rings. The highest BCUT2D eigenvalue weighted by Crippen LogP contribution is 2.24. The van der Waals surface area contributed by atoms with Gasteiger partial charge in [0.25, 0.3) is 0 Å². The topological polar surface area (TPSA) is 64.3 Å². The standard InChI is InChI=1S/C10H14N2O2S/c1-3-14-10(13)8-5-4-7(12-11)6-9(8)15-2/h4-6,12H,3,11H2,1-2H3. The van der Waals surface area contributed by atoms with Gasteiger partial charge in [0.15, 0.2) is 0 Å². The molecule has 1 aromatic carbocycles. The highest BCUT2D eigenvalue weighted by atomic mass is 32.2. The van der Waals surface area contributed by atoms with E-state index >= 15 is 0 Å². The second-order valence-corrected chi connectivity index (χ2v) is 3.63. The first kappa shape index (κ1) is 11.9. The molecule has 0 aromatic heterocycles. The van der Waals surface area contributed by atoms with Gasteiger partial charge in [0.05, 0.1) is 12.2 Å². The maximum atomic E-state index is 11.5. The van der Waals surface area contributed by atoms with E-state index in [9.17, 15) is 4.79 Å². The Labute approximate surface area is 93.1 Å². The summed E-state index contributed by atoms with van der Waals surface area (Å²) in [5, 5.41) is 0. The molecule has 15 heavy (non-hydrogen) atoms. The Kier molecular flexibility index (Phi) is 4.45. The van der Waals surface area contributed by atoms with Crippen LogP contribution < -0.4 is 11.3 Å². The lowest BCUT2D eigenvalue weighted by Gasteiger charge is -2.08. The molecule has 0 aliphatic rings. The van der Waals surface area contributed by atoms with Crippen LogP contribution >= 0.6 is 11.8 Å². The number of carbonyl (C=O) groups is 1. The van der Waals surface area contributed by atoms with Gasteiger partial charge in [0.1, 0.15) is 0 Å². The number of esters is 1. The van der Waals surface area contributed by atoms with E-state index in [1.165, 1.54) is 11.8 Å². The maximum absolute atomic E-state index is 11.5. The van der Waals surface area contributed by atoms with Crippen molar-refractivity contribution in [1.29, 1.82) is 0 Å². The van der Waals surface area contributed by atoms with Gasteiger partial charge in [-0.2, -0.15) is 0 Å². The van der Waals surface area contributed by atoms with Crippen LogP contribution in [0.2, 0.25) is 0 Å². The van der Waals surface area contributed by atoms with Crippen LogP contribution in [0.3, 0.4) is 0 Å². The molecule has 3 N–H and O–H groups in total. The SMILES string of the molecule is CCOC(=O)c1ccc(NN)cc1SC. The Bertz CT molecular complexity index is 355. The third kappa shape index (κ3) is 2.87. The van der Waals surface area contributed by atoms with Crippen molar-refractivity contribution >= 4 is 23.4 Å². The summed E-state index contributed by atoms with van der Waals surface area (Å²) in [6.07, 6.45) is 1.90. The number of hydrogen-bond donors (Lipinski definition) is 2. The summed E-state index contributed by atoms with van der Waals surface area (Å²) in [5.74, 6) is 4.98. The number of rotatable bonds is 4. The molecule has 0 atom stereocenters. The summed E-state index contributed by atoms with van der Waals surface area (Å²) in [6, 6.07) is 5.27. The third-order valence-electron chi connectivity index (χ3n) is 1.86. The summed E-state index contributed by atoms with van der Waals surface area (Å²) < 4.78 is 4.94. The van der Waals surface area contributed by atoms with Crippen LogP contribution in [0.1, 0.15) is 17.3 Å². The lowest BCUT2D eigenvalue weighted by atomic mass is 10.2. The summed E-state index contributed by atoms with van der Waals surface area (Å²) in [7, 11) is 0. The van der Waals surface area contributed by atoms with Crippen molar-refractivity contribution in [3.8, 4) is 0 Å². The van der Waals surface area contributed by atoms with Gasteiger partial charge >= 0.3 is 5.97 Å². The molecule has 0 amide bonds. The average molecular weight is 226 g/mol. The van der Waals surface area contributed by atoms with Crippen molar-refractivity contribution in [3.05, 3.63) is 23.8 Å². The molecule has 0 bridgehead atoms. The Morgan fingerprint density at radius 1 is 1.60 bits per heavy atom. The highest BCUT2D eigenvalue weighted by Gasteiger charge is 2.12. The predicted molar refractivity (Wildman–Crippen MR) is 62.0 cm³/mol. The zero-order valence-electron chi connectivity index (χ0n) is 8.74. The van der Waals surface area contributed by atoms with E-state index in [-0.39, 0.29) is 5.97 Å². The second kappa shape index (κ2) is 5.63. The zero-order valence-corrected chi connectivity index (χ0v) is 9.56. The predicted octanol–water partition coefficient (Wildman–Crippen LogP) is 1.87. The van der Waals surface area contributed by atoms with E-state index in [1.807, 2.05) is 12.3 Å². The number of ether oxygens (including phenoxy) is 1. The second-order valence-electron chi connectivity index (χ2n) is 2.78. The van der Waals surface area contributed by atoms with Crippen LogP contribution in [0.15, 0.2) is 23.1 Å². The molecule has 0 unspecified atom stereocenters. The van der Waals surface area contributed by atoms with Gasteiger partial charge in [-0.05, 0) is 31.4 Å². The van der Waals surface area contributed by atoms with Crippen LogP contribution in [0.4, 0.5) is 5.69 Å². The molecular weight excluding hydrogens is 212 g/mol. The summed E-state index contributed by atoms with van der Waals surface area (Å²) in [6.45, 7) is 2.16. The van der Waals surface area contributed by atoms with Gasteiger partial charge in [0.2, 0.25) is 0 Å². The molecule has 0 heterocycles. The van der Waals surface area contributed by atoms with Crippen LogP contribution in [0.5, 0.6) is 0 Å². The summed E-state index contributed by atoms with van der Waals surface area (Å²) in [4.78, 5) is 12.4. The molecule has 0 aliphatic carbocycles. The largest absolute Gasteiger partial charge is 0.462 e. The minimum atomic E-state index is -0.301. The van der Waals surface area contributed by atoms with E-state index in [1.54, 1.807) is 19.1 Å². The minimum absolute atomic E-state index is 0.301. The molecule has 0 radical (unpaired) electrons. The quantitative estimate of drug-likeness (QED) is 0.355. The molecule has 0 aliphatic heterocycles. The average Bonchev–Trinajstić information content (AvgIpc) is 2.28. The first-order valence-electron chi connectivity index (χ1n) is 4.54. The smallest absolute Gasteiger partial charge is 0.339 e. The number of benzene rings is 1. The number of thioether (sulfide) groups is 1. The summed E-state index contributed by atoms with van der Waals surface area (Å²) >= 11 is 1.48. The minimum Gasteiger partial charge on any atom is -0.462 e. The van der Waals surface area contributed by atoms with Crippen LogP contribution in [0.25, 0.3) is 0 Å². The Hall–Kier alpha value is -1.20. The first-order chi connectivity index (χ1) is 7.22. The van der Waals surface area contributed by atoms with Crippen molar-refractivity contribution < 1.29 is 9.53 Å². The summed E-state index contributed by atoms with van der Waals surface area (Å²) in [5.41, 5.74) is 3.88. The van der Waals surface area contributed by atoms with Gasteiger partial charge in [-0.3, -0.25) is 5.84 Å². The van der Waals surface area contributed by atoms with Crippen LogP contribution in [-0.4, -0.2) is 18.8 Å². The van der Waals surface area contributed by atoms with E-state index in [4.69, 9.17) is 10.6 Å². The number of nitrogen functional groups attached to an aromatic ring is 1. The fourth-order valence-corrected chi connectivity index (χ4v) is 1.77. The maximum Gasteiger partial charge on any atom is 0.339 e. The number of hydrogen-bond acceptors (Lipinski definition) is 5. The molecule has 5 heteroatoms. The molecule has 1 rings (SSSR count). The number of carbonyl (C=O) groups excluding carboxylic acids is 1. The molecule has 4 nitrogen and oxygen atoms in total. The van der Waals surface area contributed by atoms with Crippen LogP contribution in [0, 0.1) is 0 Å². The molecule has 82 valence electrons. The van der Waals surface area contributed by atoms with Crippen molar-refractivity contribution in [2.24, 2.45) is 5.84 Å². The monoisotopic (exact) mass is 226 g/mol. The Balaban J connectivity index is 3.02. The van der Waals surface area contributed by atoms with Gasteiger partial charge in [-0.1, -0.05) is 0 Å². The Morgan fingerprint density at radius 3 is 2.87 bits per heavy atom. The van der Waals surface area contributed by atoms with E-state index in [0.717, 1.165) is 10.6 Å². The van der Waals surface area contributed by atoms with Gasteiger partial charge < -0.3 is 10.2 Å². The van der Waals surface area contributed by atoms with Crippen LogP contribution in [-0.2, 0) is 4.74 Å². The third-order valence-corrected chi connectivity index (χ3v) is 2.64. The molecule has 0 saturated heterocycles. The lowest BCUT2D eigenvalue weighted by Crippen LogP contribution is -2.09. The normalized spacial score (nSPS) is 9.80. The lowest BCUT2D eigenvalue weighted by molar-refractivity contribution is 0.0522. The molecule has 0 saturated carbocycles. The molecular formula is C10H14N2O2S. The van der Waals surface area contributed by atoms with E-state index in [0.29, 0.717) is 12.2 Å². The number of anilines is 1. The zero-order chi connectivity index (χ0) is 11.3. The van der Waals surface area contributed by atoms with Gasteiger partial charge in [-0.15, -0.1) is 11.8 Å². The van der Waals surface area contributed by atoms with Crippen molar-refractivity contribution in [1.82, 2.24) is 0 Å². The van der Waals surface area contributed by atoms with Gasteiger partial charge in [0, 0.05) is 10.6 Å². The molecule has 0 fully saturated rings. The fourth-order valence-electron chi connectivity index (χ4n) is 1.16. The molecule has 0 spiro atoms. The van der Waals surface area contributed by atoms with Gasteiger partial charge in [-0.25, -0.2) is 4.79 Å².